The zero-order valence-electron chi connectivity index (χ0n) is 14.8. The van der Waals surface area contributed by atoms with Crippen molar-refractivity contribution in [2.45, 2.75) is 59.5 Å². The van der Waals surface area contributed by atoms with Crippen LogP contribution in [-0.2, 0) is 14.3 Å². The fraction of sp³-hybridized carbons (Fsp3) is 0.579. The van der Waals surface area contributed by atoms with Crippen LogP contribution in [0.15, 0.2) is 34.9 Å². The molecular weight excluding hydrogens is 292 g/mol. The van der Waals surface area contributed by atoms with E-state index in [0.717, 1.165) is 17.6 Å². The van der Waals surface area contributed by atoms with Gasteiger partial charge in [-0.2, -0.15) is 0 Å². The summed E-state index contributed by atoms with van der Waals surface area (Å²) in [5.74, 6) is -0.221. The third-order valence-electron chi connectivity index (χ3n) is 4.47. The van der Waals surface area contributed by atoms with Crippen molar-refractivity contribution in [1.82, 2.24) is 0 Å². The maximum absolute atomic E-state index is 12.2. The molecule has 0 amide bonds. The normalized spacial score (nSPS) is 24.3. The van der Waals surface area contributed by atoms with Gasteiger partial charge in [0.15, 0.2) is 5.78 Å². The highest BCUT2D eigenvalue weighted by Gasteiger charge is 2.42. The van der Waals surface area contributed by atoms with Crippen molar-refractivity contribution < 1.29 is 19.4 Å². The molecule has 0 unspecified atom stereocenters. The number of aliphatic hydroxyl groups excluding tert-OH is 1. The Morgan fingerprint density at radius 1 is 1.48 bits per heavy atom. The molecule has 0 fully saturated rings. The van der Waals surface area contributed by atoms with Gasteiger partial charge in [-0.05, 0) is 58.1 Å². The maximum atomic E-state index is 12.2. The fourth-order valence-corrected chi connectivity index (χ4v) is 2.83. The van der Waals surface area contributed by atoms with E-state index in [-0.39, 0.29) is 17.9 Å². The van der Waals surface area contributed by atoms with E-state index in [2.05, 4.69) is 0 Å². The van der Waals surface area contributed by atoms with Crippen LogP contribution >= 0.6 is 0 Å². The third kappa shape index (κ3) is 4.90. The molecule has 0 radical (unpaired) electrons. The van der Waals surface area contributed by atoms with E-state index < -0.39 is 5.41 Å². The van der Waals surface area contributed by atoms with Crippen LogP contribution in [0.25, 0.3) is 0 Å². The van der Waals surface area contributed by atoms with E-state index in [0.29, 0.717) is 24.8 Å². The summed E-state index contributed by atoms with van der Waals surface area (Å²) in [6, 6.07) is 0. The van der Waals surface area contributed by atoms with E-state index in [1.807, 2.05) is 32.1 Å². The first-order valence-corrected chi connectivity index (χ1v) is 8.08. The van der Waals surface area contributed by atoms with Crippen LogP contribution in [0.3, 0.4) is 0 Å². The van der Waals surface area contributed by atoms with Crippen LogP contribution in [0.4, 0.5) is 0 Å². The van der Waals surface area contributed by atoms with E-state index in [4.69, 9.17) is 4.74 Å². The molecule has 2 atom stereocenters. The first-order valence-electron chi connectivity index (χ1n) is 8.08. The number of rotatable bonds is 6. The smallest absolute Gasteiger partial charge is 0.316 e. The molecular formula is C19H28O4. The number of hydrogen-bond donors (Lipinski definition) is 1. The van der Waals surface area contributed by atoms with Crippen LogP contribution in [0, 0.1) is 5.41 Å². The Morgan fingerprint density at radius 3 is 2.70 bits per heavy atom. The van der Waals surface area contributed by atoms with Crippen molar-refractivity contribution in [3.8, 4) is 0 Å². The monoisotopic (exact) mass is 320 g/mol. The van der Waals surface area contributed by atoms with Gasteiger partial charge in [-0.15, -0.1) is 0 Å². The second kappa shape index (κ2) is 8.25. The highest BCUT2D eigenvalue weighted by atomic mass is 16.5. The standard InChI is InChI=1S/C19H28O4/c1-13(7-6-8-14(2)20)9-10-16-15(3)17(21)11-12-19(16,4)18(22)23-5/h7,9-10,14,20H,6,8,11-12H2,1-5H3/b10-9+,13-7+/t14-,19+/m1/s1. The highest BCUT2D eigenvalue weighted by Crippen LogP contribution is 2.41. The number of hydrogen-bond acceptors (Lipinski definition) is 4. The molecule has 0 spiro atoms. The molecule has 0 aromatic rings. The maximum Gasteiger partial charge on any atom is 0.316 e. The molecule has 0 heterocycles. The number of methoxy groups -OCH3 is 1. The minimum absolute atomic E-state index is 0.0850. The summed E-state index contributed by atoms with van der Waals surface area (Å²) in [6.45, 7) is 7.34. The number of Topliss-reactive ketones (excluding diaryl/α,β-unsaturated/α-hetero) is 1. The SMILES string of the molecule is COC(=O)[C@@]1(C)CCC(=O)C(C)=C1/C=C/C(C)=C/CC[C@@H](C)O. The summed E-state index contributed by atoms with van der Waals surface area (Å²) in [6.07, 6.45) is 7.85. The van der Waals surface area contributed by atoms with Crippen molar-refractivity contribution in [3.05, 3.63) is 34.9 Å². The van der Waals surface area contributed by atoms with Crippen LogP contribution in [-0.4, -0.2) is 30.1 Å². The topological polar surface area (TPSA) is 63.6 Å². The predicted octanol–water partition coefficient (Wildman–Crippen LogP) is 3.51. The lowest BCUT2D eigenvalue weighted by Gasteiger charge is -2.33. The lowest BCUT2D eigenvalue weighted by molar-refractivity contribution is -0.150. The van der Waals surface area contributed by atoms with Gasteiger partial charge in [0.2, 0.25) is 0 Å². The molecule has 0 aromatic heterocycles. The predicted molar refractivity (Wildman–Crippen MR) is 90.9 cm³/mol. The third-order valence-corrected chi connectivity index (χ3v) is 4.47. The zero-order chi connectivity index (χ0) is 17.6. The van der Waals surface area contributed by atoms with Gasteiger partial charge in [-0.25, -0.2) is 0 Å². The average molecular weight is 320 g/mol. The number of ketones is 1. The number of ether oxygens (including phenoxy) is 1. The largest absolute Gasteiger partial charge is 0.468 e. The van der Waals surface area contributed by atoms with Crippen LogP contribution in [0.2, 0.25) is 0 Å². The molecule has 0 aliphatic heterocycles. The Kier molecular flexibility index (Phi) is 6.95. The lowest BCUT2D eigenvalue weighted by atomic mass is 9.70. The molecule has 1 N–H and O–H groups in total. The Labute approximate surface area is 138 Å². The lowest BCUT2D eigenvalue weighted by Crippen LogP contribution is -2.35. The second-order valence-electron chi connectivity index (χ2n) is 6.49. The van der Waals surface area contributed by atoms with Crippen molar-refractivity contribution in [1.29, 1.82) is 0 Å². The molecule has 1 aliphatic rings. The zero-order valence-corrected chi connectivity index (χ0v) is 14.8. The van der Waals surface area contributed by atoms with Crippen LogP contribution < -0.4 is 0 Å². The molecule has 0 bridgehead atoms. The van der Waals surface area contributed by atoms with Gasteiger partial charge in [0.1, 0.15) is 0 Å². The summed E-state index contributed by atoms with van der Waals surface area (Å²) in [4.78, 5) is 24.2. The van der Waals surface area contributed by atoms with Crippen molar-refractivity contribution >= 4 is 11.8 Å². The van der Waals surface area contributed by atoms with Crippen LogP contribution in [0.1, 0.15) is 53.4 Å². The fourth-order valence-electron chi connectivity index (χ4n) is 2.83. The van der Waals surface area contributed by atoms with Crippen molar-refractivity contribution in [2.24, 2.45) is 5.41 Å². The number of carbonyl (C=O) groups excluding carboxylic acids is 2. The molecule has 23 heavy (non-hydrogen) atoms. The molecule has 128 valence electrons. The molecule has 0 aromatic carbocycles. The molecule has 1 aliphatic carbocycles. The average Bonchev–Trinajstić information content (AvgIpc) is 2.50. The molecule has 1 rings (SSSR count). The van der Waals surface area contributed by atoms with Crippen molar-refractivity contribution in [2.75, 3.05) is 7.11 Å². The number of aliphatic hydroxyl groups is 1. The van der Waals surface area contributed by atoms with Gasteiger partial charge in [0.25, 0.3) is 0 Å². The van der Waals surface area contributed by atoms with Gasteiger partial charge < -0.3 is 9.84 Å². The number of allylic oxidation sites excluding steroid dienone is 5. The molecule has 0 saturated heterocycles. The Bertz CT molecular complexity index is 552. The van der Waals surface area contributed by atoms with Crippen LogP contribution in [0.5, 0.6) is 0 Å². The molecule has 0 saturated carbocycles. The second-order valence-corrected chi connectivity index (χ2v) is 6.49. The summed E-state index contributed by atoms with van der Waals surface area (Å²) >= 11 is 0. The van der Waals surface area contributed by atoms with Gasteiger partial charge in [-0.3, -0.25) is 9.59 Å². The van der Waals surface area contributed by atoms with E-state index in [1.54, 1.807) is 13.8 Å². The quantitative estimate of drug-likeness (QED) is 0.601. The van der Waals surface area contributed by atoms with Gasteiger partial charge in [0, 0.05) is 6.42 Å². The van der Waals surface area contributed by atoms with E-state index >= 15 is 0 Å². The van der Waals surface area contributed by atoms with Gasteiger partial charge in [0.05, 0.1) is 18.6 Å². The summed E-state index contributed by atoms with van der Waals surface area (Å²) in [5, 5.41) is 9.28. The summed E-state index contributed by atoms with van der Waals surface area (Å²) < 4.78 is 4.94. The number of esters is 1. The molecule has 4 nitrogen and oxygen atoms in total. The first-order chi connectivity index (χ1) is 10.7. The first kappa shape index (κ1) is 19.4. The minimum Gasteiger partial charge on any atom is -0.468 e. The van der Waals surface area contributed by atoms with E-state index in [1.165, 1.54) is 7.11 Å². The molecule has 4 heteroatoms. The van der Waals surface area contributed by atoms with Gasteiger partial charge >= 0.3 is 5.97 Å². The Morgan fingerprint density at radius 2 is 2.13 bits per heavy atom. The summed E-state index contributed by atoms with van der Waals surface area (Å²) in [7, 11) is 1.38. The van der Waals surface area contributed by atoms with E-state index in [9.17, 15) is 14.7 Å². The van der Waals surface area contributed by atoms with Gasteiger partial charge in [-0.1, -0.05) is 23.8 Å². The van der Waals surface area contributed by atoms with Crippen molar-refractivity contribution in [3.63, 3.8) is 0 Å². The highest BCUT2D eigenvalue weighted by molar-refractivity contribution is 6.00. The summed E-state index contributed by atoms with van der Waals surface area (Å²) in [5.41, 5.74) is 1.64. The number of carbonyl (C=O) groups is 2. The Hall–Kier alpha value is -1.68. The minimum atomic E-state index is -0.775. The Balaban J connectivity index is 3.04.